The lowest BCUT2D eigenvalue weighted by atomic mass is 9.81. The van der Waals surface area contributed by atoms with Crippen LogP contribution in [-0.4, -0.2) is 38.6 Å². The zero-order chi connectivity index (χ0) is 39.6. The molecule has 0 spiro atoms. The zero-order valence-electron chi connectivity index (χ0n) is 30.9. The van der Waals surface area contributed by atoms with Gasteiger partial charge in [0.05, 0.1) is 48.9 Å². The number of anilines is 3. The summed E-state index contributed by atoms with van der Waals surface area (Å²) in [5.41, 5.74) is 5.88. The maximum Gasteiger partial charge on any atom is 0.283 e. The first kappa shape index (κ1) is 37.4. The highest BCUT2D eigenvalue weighted by Gasteiger charge is 2.49. The molecule has 0 unspecified atom stereocenters. The molecule has 11 nitrogen and oxygen atoms in total. The Bertz CT molecular complexity index is 2500. The number of imide groups is 1. The van der Waals surface area contributed by atoms with Crippen LogP contribution in [-0.2, 0) is 19.2 Å². The molecule has 2 saturated heterocycles. The fourth-order valence-electron chi connectivity index (χ4n) is 7.52. The molecule has 4 amide bonds. The van der Waals surface area contributed by atoms with Crippen LogP contribution in [0, 0.1) is 49.6 Å². The molecule has 2 atom stereocenters. The zero-order valence-corrected chi connectivity index (χ0v) is 33.3. The first-order valence-electron chi connectivity index (χ1n) is 18.1. The highest BCUT2D eigenvalue weighted by Crippen LogP contribution is 2.43. The molecule has 3 heterocycles. The van der Waals surface area contributed by atoms with Gasteiger partial charge in [0.25, 0.3) is 17.5 Å². The lowest BCUT2D eigenvalue weighted by Crippen LogP contribution is -2.57. The smallest absolute Gasteiger partial charge is 0.274 e. The van der Waals surface area contributed by atoms with Crippen LogP contribution in [0.25, 0.3) is 16.3 Å². The lowest BCUT2D eigenvalue weighted by molar-refractivity contribution is -0.387. The molecule has 1 aromatic heterocycles. The molecule has 3 aliphatic rings. The molecule has 0 N–H and O–H groups in total. The number of carbonyl (C=O) groups excluding carboxylic acids is 4. The van der Waals surface area contributed by atoms with E-state index in [9.17, 15) is 29.3 Å². The van der Waals surface area contributed by atoms with E-state index in [0.29, 0.717) is 31.8 Å². The number of benzene rings is 4. The Labute approximate surface area is 336 Å². The number of nitro groups is 1. The monoisotopic (exact) mass is 801 g/mol. The van der Waals surface area contributed by atoms with Gasteiger partial charge in [0.15, 0.2) is 9.45 Å². The van der Waals surface area contributed by atoms with Crippen molar-refractivity contribution in [1.82, 2.24) is 4.98 Å². The maximum atomic E-state index is 14.2. The Morgan fingerprint density at radius 2 is 1.30 bits per heavy atom. The Kier molecular flexibility index (Phi) is 9.67. The molecule has 5 aromatic rings. The number of thiazole rings is 1. The quantitative estimate of drug-likeness (QED) is 0.0395. The summed E-state index contributed by atoms with van der Waals surface area (Å²) in [7, 11) is 0. The van der Waals surface area contributed by atoms with Gasteiger partial charge in [-0.3, -0.25) is 44.0 Å². The minimum atomic E-state index is -0.644. The van der Waals surface area contributed by atoms with Crippen molar-refractivity contribution in [2.24, 2.45) is 11.8 Å². The van der Waals surface area contributed by atoms with Gasteiger partial charge in [0.2, 0.25) is 11.8 Å². The summed E-state index contributed by atoms with van der Waals surface area (Å²) in [6.45, 7) is 7.76. The molecule has 2 aliphatic heterocycles. The molecule has 282 valence electrons. The van der Waals surface area contributed by atoms with Crippen LogP contribution in [0.2, 0.25) is 0 Å². The molecule has 4 aromatic carbocycles. The molecule has 8 rings (SSSR count). The predicted octanol–water partition coefficient (Wildman–Crippen LogP) is 9.02. The summed E-state index contributed by atoms with van der Waals surface area (Å²) in [5, 5.41) is 12.5. The molecular formula is C42H35N5O6S3. The third-order valence-corrected chi connectivity index (χ3v) is 13.4. The topological polar surface area (TPSA) is 134 Å². The third kappa shape index (κ3) is 6.50. The number of nitrogens with zero attached hydrogens (tertiary/aromatic N) is 5. The van der Waals surface area contributed by atoms with Gasteiger partial charge >= 0.3 is 0 Å². The molecule has 0 radical (unpaired) electrons. The van der Waals surface area contributed by atoms with E-state index in [1.54, 1.807) is 42.5 Å². The molecule has 1 aliphatic carbocycles. The summed E-state index contributed by atoms with van der Waals surface area (Å²) in [6.07, 6.45) is 4.70. The molecule has 0 bridgehead atoms. The highest BCUT2D eigenvalue weighted by atomic mass is 32.2. The number of aryl methyl sites for hydroxylation is 4. The predicted molar refractivity (Wildman–Crippen MR) is 222 cm³/mol. The summed E-state index contributed by atoms with van der Waals surface area (Å²) in [6, 6.07) is 20.7. The third-order valence-electron chi connectivity index (χ3n) is 10.9. The maximum absolute atomic E-state index is 14.2. The Morgan fingerprint density at radius 3 is 1.86 bits per heavy atom. The number of thiocarbonyl (C=S) groups is 1. The largest absolute Gasteiger partial charge is 0.283 e. The summed E-state index contributed by atoms with van der Waals surface area (Å²) in [4.78, 5) is 75.7. The summed E-state index contributed by atoms with van der Waals surface area (Å²) in [5.74, 6) is -2.13. The first-order valence-corrected chi connectivity index (χ1v) is 20.2. The Morgan fingerprint density at radius 1 is 0.750 bits per heavy atom. The molecule has 56 heavy (non-hydrogen) atoms. The number of nitro benzene ring substituents is 1. The Hall–Kier alpha value is -5.57. The van der Waals surface area contributed by atoms with Gasteiger partial charge in [-0.2, -0.15) is 0 Å². The minimum Gasteiger partial charge on any atom is -0.274 e. The van der Waals surface area contributed by atoms with Crippen LogP contribution < -0.4 is 14.7 Å². The average molecular weight is 802 g/mol. The van der Waals surface area contributed by atoms with E-state index in [1.807, 2.05) is 52.0 Å². The second kappa shape index (κ2) is 14.5. The van der Waals surface area contributed by atoms with Crippen molar-refractivity contribution in [3.05, 3.63) is 116 Å². The molecule has 3 fully saturated rings. The normalized spacial score (nSPS) is 18.7. The fraction of sp³-hybridized carbons (Fsp3) is 0.238. The number of carbonyl (C=O) groups is 4. The van der Waals surface area contributed by atoms with Crippen LogP contribution in [0.5, 0.6) is 0 Å². The van der Waals surface area contributed by atoms with Crippen LogP contribution >= 0.6 is 35.3 Å². The van der Waals surface area contributed by atoms with Gasteiger partial charge in [-0.1, -0.05) is 42.8 Å². The van der Waals surface area contributed by atoms with Gasteiger partial charge < -0.3 is 0 Å². The van der Waals surface area contributed by atoms with E-state index >= 15 is 0 Å². The number of hydrogen-bond acceptors (Lipinski definition) is 10. The van der Waals surface area contributed by atoms with E-state index in [4.69, 9.17) is 12.2 Å². The van der Waals surface area contributed by atoms with Crippen LogP contribution in [0.3, 0.4) is 0 Å². The fourth-order valence-corrected chi connectivity index (χ4v) is 10.0. The van der Waals surface area contributed by atoms with Crippen LogP contribution in [0.15, 0.2) is 87.6 Å². The minimum absolute atomic E-state index is 0.000905. The van der Waals surface area contributed by atoms with Crippen LogP contribution in [0.1, 0.15) is 53.5 Å². The number of amides is 4. The van der Waals surface area contributed by atoms with Crippen LogP contribution in [0.4, 0.5) is 22.7 Å². The van der Waals surface area contributed by atoms with Crippen molar-refractivity contribution < 1.29 is 24.1 Å². The summed E-state index contributed by atoms with van der Waals surface area (Å²) >= 11 is 8.23. The second-order valence-electron chi connectivity index (χ2n) is 14.4. The Balaban J connectivity index is 1.12. The highest BCUT2D eigenvalue weighted by molar-refractivity contribution is 8.01. The number of rotatable bonds is 7. The van der Waals surface area contributed by atoms with E-state index < -0.39 is 16.7 Å². The average Bonchev–Trinajstić information content (AvgIpc) is 3.69. The number of fused-ring (bicyclic) bond motifs is 2. The van der Waals surface area contributed by atoms with E-state index in [-0.39, 0.29) is 45.6 Å². The van der Waals surface area contributed by atoms with Gasteiger partial charge in [0, 0.05) is 6.07 Å². The van der Waals surface area contributed by atoms with Crippen molar-refractivity contribution in [2.45, 2.75) is 62.6 Å². The van der Waals surface area contributed by atoms with Gasteiger partial charge in [0.1, 0.15) is 5.57 Å². The molecule has 1 saturated carbocycles. The van der Waals surface area contributed by atoms with Crippen molar-refractivity contribution in [2.75, 3.05) is 14.7 Å². The van der Waals surface area contributed by atoms with Crippen molar-refractivity contribution in [1.29, 1.82) is 0 Å². The van der Waals surface area contributed by atoms with Gasteiger partial charge in [-0.25, -0.2) is 4.98 Å². The van der Waals surface area contributed by atoms with E-state index in [0.717, 1.165) is 64.4 Å². The van der Waals surface area contributed by atoms with Crippen molar-refractivity contribution >= 4 is 103 Å². The SMILES string of the molecule is Cc1ccc(N2C(=O)C(=Cc3ccc(Sc4nc5ccc(N6C(=O)[C@@H]7CCCC[C@H]7C6=O)cc5s4)c([N+](=O)[O-])c3)C(=O)N(c3ccc(C)c(C)c3)C2=S)cc1C. The number of hydrogen-bond donors (Lipinski definition) is 0. The summed E-state index contributed by atoms with van der Waals surface area (Å²) < 4.78 is 1.26. The van der Waals surface area contributed by atoms with Crippen molar-refractivity contribution in [3.8, 4) is 0 Å². The lowest BCUT2D eigenvalue weighted by Gasteiger charge is -2.37. The molecule has 14 heteroatoms. The second-order valence-corrected chi connectivity index (χ2v) is 17.1. The molecular weight excluding hydrogens is 767 g/mol. The van der Waals surface area contributed by atoms with Gasteiger partial charge in [-0.05, 0) is 135 Å². The van der Waals surface area contributed by atoms with E-state index in [1.165, 1.54) is 38.2 Å². The first-order chi connectivity index (χ1) is 26.8. The van der Waals surface area contributed by atoms with E-state index in [2.05, 4.69) is 4.98 Å². The van der Waals surface area contributed by atoms with Crippen molar-refractivity contribution in [3.63, 3.8) is 0 Å². The standard InChI is InChI=1S/C42H35N5O6S3/c1-22-9-12-27(17-24(22)3)45-39(50)32(40(51)46(42(45)54)28-13-10-23(2)25(4)18-28)19-26-11-16-35(34(20-26)47(52)53)55-41-43-33-15-14-29(21-36(33)56-41)44-37(48)30-7-5-6-8-31(30)38(44)49/h9-21,30-31H,5-8H2,1-4H3/t30-,31-/m1/s1. The number of aromatic nitrogens is 1. The van der Waals surface area contributed by atoms with Gasteiger partial charge in [-0.15, -0.1) is 11.3 Å².